The Morgan fingerprint density at radius 1 is 0.434 bits per heavy atom. The first-order valence-corrected chi connectivity index (χ1v) is 27.1. The van der Waals surface area contributed by atoms with Gasteiger partial charge in [-0.15, -0.1) is 0 Å². The predicted molar refractivity (Wildman–Crippen MR) is 321 cm³/mol. The van der Waals surface area contributed by atoms with Gasteiger partial charge in [0, 0.05) is 51.3 Å². The maximum Gasteiger partial charge on any atom is 0.137 e. The van der Waals surface area contributed by atoms with E-state index < -0.39 is 0 Å². The highest BCUT2D eigenvalue weighted by Crippen LogP contribution is 2.50. The van der Waals surface area contributed by atoms with Gasteiger partial charge in [-0.05, 0) is 134 Å². The summed E-state index contributed by atoms with van der Waals surface area (Å²) in [5.41, 5.74) is 17.3. The van der Waals surface area contributed by atoms with Crippen LogP contribution in [0.4, 0.5) is 22.7 Å². The Kier molecular flexibility index (Phi) is 12.6. The number of fused-ring (bicyclic) bond motifs is 4. The number of benzene rings is 8. The van der Waals surface area contributed by atoms with Gasteiger partial charge in [0.15, 0.2) is 0 Å². The fourth-order valence-electron chi connectivity index (χ4n) is 11.3. The molecule has 0 unspecified atom stereocenters. The average Bonchev–Trinajstić information content (AvgIpc) is 3.98. The lowest BCUT2D eigenvalue weighted by atomic mass is 9.73. The summed E-state index contributed by atoms with van der Waals surface area (Å²) in [7, 11) is 0. The zero-order chi connectivity index (χ0) is 53.3. The van der Waals surface area contributed by atoms with E-state index in [4.69, 9.17) is 9.72 Å². The Bertz CT molecular complexity index is 3700. The van der Waals surface area contributed by atoms with Gasteiger partial charge in [0.25, 0.3) is 0 Å². The monoisotopic (exact) mass is 997 g/mol. The van der Waals surface area contributed by atoms with Gasteiger partial charge in [0.05, 0.1) is 22.4 Å². The first-order valence-electron chi connectivity index (χ1n) is 27.1. The molecule has 8 aromatic carbocycles. The number of para-hydroxylation sites is 1. The van der Waals surface area contributed by atoms with Crippen molar-refractivity contribution in [3.63, 3.8) is 0 Å². The summed E-state index contributed by atoms with van der Waals surface area (Å²) in [6, 6.07) is 71.5. The van der Waals surface area contributed by atoms with E-state index in [-0.39, 0.29) is 21.7 Å². The molecule has 382 valence electrons. The van der Waals surface area contributed by atoms with Crippen molar-refractivity contribution >= 4 is 44.6 Å². The van der Waals surface area contributed by atoms with Gasteiger partial charge in [-0.2, -0.15) is 0 Å². The molecular weight excluding hydrogens is 925 g/mol. The maximum atomic E-state index is 7.21. The number of aromatic nitrogens is 2. The number of hydrogen-bond acceptors (Lipinski definition) is 4. The van der Waals surface area contributed by atoms with Crippen molar-refractivity contribution in [3.8, 4) is 28.4 Å². The minimum atomic E-state index is -0.272. The lowest BCUT2D eigenvalue weighted by molar-refractivity contribution is 0.483. The van der Waals surface area contributed by atoms with E-state index in [9.17, 15) is 0 Å². The fraction of sp³-hybridized carbons (Fsp3) is 0.254. The molecule has 1 aliphatic rings. The maximum absolute atomic E-state index is 7.21. The molecule has 0 aliphatic carbocycles. The van der Waals surface area contributed by atoms with Gasteiger partial charge in [-0.1, -0.05) is 198 Å². The second-order valence-corrected chi connectivity index (χ2v) is 24.4. The number of hydrogen-bond donors (Lipinski definition) is 0. The quantitative estimate of drug-likeness (QED) is 0.129. The number of nitrogens with zero attached hydrogens (tertiary/aromatic N) is 4. The minimum absolute atomic E-state index is 0.0334. The molecule has 0 saturated heterocycles. The number of anilines is 4. The van der Waals surface area contributed by atoms with Gasteiger partial charge in [0.1, 0.15) is 24.0 Å². The van der Waals surface area contributed by atoms with Gasteiger partial charge in [-0.25, -0.2) is 4.98 Å². The molecule has 5 heteroatoms. The molecule has 2 aromatic heterocycles. The zero-order valence-corrected chi connectivity index (χ0v) is 46.5. The van der Waals surface area contributed by atoms with Crippen molar-refractivity contribution < 1.29 is 4.74 Å². The SMILES string of the molecule is CC(C)c1ccccc1-c1cc(Oc2ccc3c4ccccc4n(-c4cc(C(C)(C)C)ccn4)c3c2)cc(N2CN(c3cc(C(C)(C)c4ccccc4)cc(C(C)(C)c4ccccc4)c3)c3ccc(C(C)(C)C)cc32)c1. The van der Waals surface area contributed by atoms with E-state index in [1.165, 1.54) is 61.3 Å². The molecule has 0 radical (unpaired) electrons. The van der Waals surface area contributed by atoms with E-state index in [2.05, 4.69) is 292 Å². The Hall–Kier alpha value is -7.89. The number of rotatable bonds is 11. The summed E-state index contributed by atoms with van der Waals surface area (Å²) in [4.78, 5) is 10.0. The van der Waals surface area contributed by atoms with Crippen LogP contribution in [-0.4, -0.2) is 16.2 Å². The Morgan fingerprint density at radius 3 is 1.67 bits per heavy atom. The predicted octanol–water partition coefficient (Wildman–Crippen LogP) is 19.3. The average molecular weight is 997 g/mol. The molecule has 76 heavy (non-hydrogen) atoms. The Balaban J connectivity index is 1.08. The molecule has 0 amide bonds. The number of pyridine rings is 1. The normalized spacial score (nSPS) is 13.3. The van der Waals surface area contributed by atoms with Crippen LogP contribution in [0.5, 0.6) is 11.5 Å². The summed E-state index contributed by atoms with van der Waals surface area (Å²) in [5, 5.41) is 2.33. The van der Waals surface area contributed by atoms with Crippen LogP contribution < -0.4 is 14.5 Å². The van der Waals surface area contributed by atoms with Crippen molar-refractivity contribution in [3.05, 3.63) is 239 Å². The molecule has 0 atom stereocenters. The third-order valence-corrected chi connectivity index (χ3v) is 16.2. The second-order valence-electron chi connectivity index (χ2n) is 24.4. The Labute approximate surface area is 451 Å². The molecule has 0 N–H and O–H groups in total. The molecule has 11 rings (SSSR count). The van der Waals surface area contributed by atoms with Crippen LogP contribution in [0.15, 0.2) is 200 Å². The highest BCUT2D eigenvalue weighted by molar-refractivity contribution is 6.09. The van der Waals surface area contributed by atoms with Crippen LogP contribution in [0.1, 0.15) is 128 Å². The smallest absolute Gasteiger partial charge is 0.137 e. The fourth-order valence-corrected chi connectivity index (χ4v) is 11.3. The van der Waals surface area contributed by atoms with E-state index in [0.29, 0.717) is 12.6 Å². The molecule has 0 fully saturated rings. The van der Waals surface area contributed by atoms with Gasteiger partial charge < -0.3 is 14.5 Å². The summed E-state index contributed by atoms with van der Waals surface area (Å²) < 4.78 is 9.50. The van der Waals surface area contributed by atoms with Crippen molar-refractivity contribution in [1.29, 1.82) is 0 Å². The summed E-state index contributed by atoms with van der Waals surface area (Å²) in [6.07, 6.45) is 1.94. The van der Waals surface area contributed by atoms with Crippen LogP contribution in [0, 0.1) is 0 Å². The highest BCUT2D eigenvalue weighted by atomic mass is 16.5. The van der Waals surface area contributed by atoms with Gasteiger partial charge >= 0.3 is 0 Å². The van der Waals surface area contributed by atoms with Crippen molar-refractivity contribution in [2.45, 2.75) is 111 Å². The minimum Gasteiger partial charge on any atom is -0.457 e. The van der Waals surface area contributed by atoms with E-state index in [0.717, 1.165) is 50.7 Å². The lowest BCUT2D eigenvalue weighted by Crippen LogP contribution is -2.27. The first kappa shape index (κ1) is 50.3. The van der Waals surface area contributed by atoms with Crippen LogP contribution >= 0.6 is 0 Å². The van der Waals surface area contributed by atoms with E-state index >= 15 is 0 Å². The van der Waals surface area contributed by atoms with Crippen LogP contribution in [0.3, 0.4) is 0 Å². The number of ether oxygens (including phenoxy) is 1. The first-order chi connectivity index (χ1) is 36.3. The third-order valence-electron chi connectivity index (χ3n) is 16.2. The second kappa shape index (κ2) is 19.0. The summed E-state index contributed by atoms with van der Waals surface area (Å²) >= 11 is 0. The molecule has 0 spiro atoms. The third kappa shape index (κ3) is 9.25. The topological polar surface area (TPSA) is 33.5 Å². The molecule has 3 heterocycles. The highest BCUT2D eigenvalue weighted by Gasteiger charge is 2.35. The van der Waals surface area contributed by atoms with Crippen molar-refractivity contribution in [2.24, 2.45) is 0 Å². The van der Waals surface area contributed by atoms with Crippen LogP contribution in [-0.2, 0) is 21.7 Å². The molecule has 1 aliphatic heterocycles. The standard InChI is InChI=1S/C71H72N4O/c1-47(2)59-27-19-20-28-60(59)48-37-55(44-58(38-48)76-57-32-33-62-61-29-21-22-30-63(61)75(65(62)45-57)67-43-52(35-36-72-67)69(6,7)8)74-46-73(64-34-31-51(42-66(64)74)68(3,4)5)56-40-53(70(9,10)49-23-15-13-16-24-49)39-54(41-56)71(11,12)50-25-17-14-18-26-50/h13-45,47H,46H2,1-12H3. The lowest BCUT2D eigenvalue weighted by Gasteiger charge is -2.33. The van der Waals surface area contributed by atoms with E-state index in [1.807, 2.05) is 6.20 Å². The van der Waals surface area contributed by atoms with E-state index in [1.54, 1.807) is 0 Å². The zero-order valence-electron chi connectivity index (χ0n) is 46.5. The van der Waals surface area contributed by atoms with Crippen molar-refractivity contribution in [2.75, 3.05) is 16.5 Å². The van der Waals surface area contributed by atoms with Gasteiger partial charge in [0.2, 0.25) is 0 Å². The molecule has 5 nitrogen and oxygen atoms in total. The van der Waals surface area contributed by atoms with Crippen LogP contribution in [0.2, 0.25) is 0 Å². The summed E-state index contributed by atoms with van der Waals surface area (Å²) in [6.45, 7) is 28.3. The molecule has 0 bridgehead atoms. The Morgan fingerprint density at radius 2 is 1.01 bits per heavy atom. The molecular formula is C71H72N4O. The van der Waals surface area contributed by atoms with Crippen molar-refractivity contribution in [1.82, 2.24) is 9.55 Å². The van der Waals surface area contributed by atoms with Gasteiger partial charge in [-0.3, -0.25) is 4.57 Å². The largest absolute Gasteiger partial charge is 0.457 e. The molecule has 0 saturated carbocycles. The molecule has 10 aromatic rings. The van der Waals surface area contributed by atoms with Crippen LogP contribution in [0.25, 0.3) is 38.8 Å². The summed E-state index contributed by atoms with van der Waals surface area (Å²) in [5.74, 6) is 2.74.